The highest BCUT2D eigenvalue weighted by molar-refractivity contribution is 5.78. The molecule has 0 saturated carbocycles. The van der Waals surface area contributed by atoms with E-state index in [1.807, 2.05) is 13.8 Å². The Kier molecular flexibility index (Phi) is 8.88. The zero-order chi connectivity index (χ0) is 15.7. The Morgan fingerprint density at radius 3 is 2.62 bits per heavy atom. The lowest BCUT2D eigenvalue weighted by Gasteiger charge is -2.32. The summed E-state index contributed by atoms with van der Waals surface area (Å²) in [6, 6.07) is 0. The third-order valence-corrected chi connectivity index (χ3v) is 3.88. The lowest BCUT2D eigenvalue weighted by Crippen LogP contribution is -2.44. The number of likely N-dealkylation sites (tertiary alicyclic amines) is 1. The predicted molar refractivity (Wildman–Crippen MR) is 84.2 cm³/mol. The molecule has 0 radical (unpaired) electrons. The summed E-state index contributed by atoms with van der Waals surface area (Å²) in [4.78, 5) is 14.2. The SMILES string of the molecule is CCCCNC(=O)C1CCN(CC(O)COC(C)C)CC1. The molecule has 1 aliphatic heterocycles. The number of ether oxygens (including phenoxy) is 1. The van der Waals surface area contributed by atoms with Crippen LogP contribution >= 0.6 is 0 Å². The first-order chi connectivity index (χ1) is 10.0. The Hall–Kier alpha value is -0.650. The first-order valence-electron chi connectivity index (χ1n) is 8.32. The van der Waals surface area contributed by atoms with Gasteiger partial charge in [0.1, 0.15) is 0 Å². The van der Waals surface area contributed by atoms with Crippen LogP contribution in [0.25, 0.3) is 0 Å². The second-order valence-corrected chi connectivity index (χ2v) is 6.26. The Labute approximate surface area is 129 Å². The van der Waals surface area contributed by atoms with Gasteiger partial charge in [0.25, 0.3) is 0 Å². The number of hydrogen-bond donors (Lipinski definition) is 2. The maximum atomic E-state index is 12.0. The van der Waals surface area contributed by atoms with Crippen molar-refractivity contribution in [3.63, 3.8) is 0 Å². The number of aliphatic hydroxyl groups is 1. The molecule has 5 heteroatoms. The molecule has 0 spiro atoms. The summed E-state index contributed by atoms with van der Waals surface area (Å²) in [6.07, 6.45) is 3.63. The van der Waals surface area contributed by atoms with Crippen molar-refractivity contribution < 1.29 is 14.6 Å². The largest absolute Gasteiger partial charge is 0.389 e. The van der Waals surface area contributed by atoms with Crippen LogP contribution in [-0.2, 0) is 9.53 Å². The van der Waals surface area contributed by atoms with E-state index in [-0.39, 0.29) is 17.9 Å². The maximum Gasteiger partial charge on any atom is 0.223 e. The number of nitrogens with zero attached hydrogens (tertiary/aromatic N) is 1. The number of amides is 1. The summed E-state index contributed by atoms with van der Waals surface area (Å²) in [7, 11) is 0. The molecule has 1 heterocycles. The van der Waals surface area contributed by atoms with Gasteiger partial charge in [0.2, 0.25) is 5.91 Å². The van der Waals surface area contributed by atoms with Gasteiger partial charge in [-0.1, -0.05) is 13.3 Å². The van der Waals surface area contributed by atoms with Crippen LogP contribution in [-0.4, -0.2) is 60.9 Å². The minimum absolute atomic E-state index is 0.141. The van der Waals surface area contributed by atoms with Gasteiger partial charge >= 0.3 is 0 Å². The van der Waals surface area contributed by atoms with E-state index in [9.17, 15) is 9.90 Å². The summed E-state index contributed by atoms with van der Waals surface area (Å²) in [5.41, 5.74) is 0. The normalized spacial score (nSPS) is 18.9. The van der Waals surface area contributed by atoms with Crippen LogP contribution in [0.15, 0.2) is 0 Å². The molecule has 0 aromatic rings. The van der Waals surface area contributed by atoms with Gasteiger partial charge in [-0.15, -0.1) is 0 Å². The van der Waals surface area contributed by atoms with Crippen molar-refractivity contribution >= 4 is 5.91 Å². The smallest absolute Gasteiger partial charge is 0.223 e. The maximum absolute atomic E-state index is 12.0. The van der Waals surface area contributed by atoms with Crippen LogP contribution in [0.3, 0.4) is 0 Å². The molecule has 1 unspecified atom stereocenters. The van der Waals surface area contributed by atoms with Crippen molar-refractivity contribution in [1.82, 2.24) is 10.2 Å². The molecule has 0 aromatic heterocycles. The van der Waals surface area contributed by atoms with E-state index < -0.39 is 6.10 Å². The van der Waals surface area contributed by atoms with Crippen molar-refractivity contribution in [3.05, 3.63) is 0 Å². The van der Waals surface area contributed by atoms with E-state index in [0.717, 1.165) is 45.3 Å². The molecular formula is C16H32N2O3. The summed E-state index contributed by atoms with van der Waals surface area (Å²) >= 11 is 0. The van der Waals surface area contributed by atoms with E-state index >= 15 is 0 Å². The summed E-state index contributed by atoms with van der Waals surface area (Å²) in [5, 5.41) is 12.9. The van der Waals surface area contributed by atoms with Gasteiger partial charge < -0.3 is 20.1 Å². The van der Waals surface area contributed by atoms with Crippen LogP contribution in [0.4, 0.5) is 0 Å². The zero-order valence-electron chi connectivity index (χ0n) is 13.8. The molecular weight excluding hydrogens is 268 g/mol. The third-order valence-electron chi connectivity index (χ3n) is 3.88. The molecule has 1 aliphatic rings. The van der Waals surface area contributed by atoms with Gasteiger partial charge in [-0.25, -0.2) is 0 Å². The Morgan fingerprint density at radius 1 is 1.38 bits per heavy atom. The molecule has 1 saturated heterocycles. The first kappa shape index (κ1) is 18.4. The number of hydrogen-bond acceptors (Lipinski definition) is 4. The number of unbranched alkanes of at least 4 members (excludes halogenated alkanes) is 1. The average molecular weight is 300 g/mol. The molecule has 1 atom stereocenters. The lowest BCUT2D eigenvalue weighted by molar-refractivity contribution is -0.126. The minimum Gasteiger partial charge on any atom is -0.389 e. The molecule has 0 aromatic carbocycles. The summed E-state index contributed by atoms with van der Waals surface area (Å²) in [5.74, 6) is 0.342. The molecule has 0 bridgehead atoms. The lowest BCUT2D eigenvalue weighted by atomic mass is 9.95. The number of nitrogens with one attached hydrogen (secondary N) is 1. The van der Waals surface area contributed by atoms with Crippen molar-refractivity contribution in [1.29, 1.82) is 0 Å². The fourth-order valence-corrected chi connectivity index (χ4v) is 2.56. The number of carbonyl (C=O) groups is 1. The van der Waals surface area contributed by atoms with Crippen LogP contribution < -0.4 is 5.32 Å². The molecule has 1 fully saturated rings. The van der Waals surface area contributed by atoms with Crippen molar-refractivity contribution in [2.75, 3.05) is 32.8 Å². The van der Waals surface area contributed by atoms with E-state index in [1.165, 1.54) is 0 Å². The van der Waals surface area contributed by atoms with Gasteiger partial charge in [-0.05, 0) is 46.2 Å². The third kappa shape index (κ3) is 7.79. The Bertz CT molecular complexity index is 289. The van der Waals surface area contributed by atoms with Crippen LogP contribution in [0.5, 0.6) is 0 Å². The molecule has 5 nitrogen and oxygen atoms in total. The van der Waals surface area contributed by atoms with Crippen LogP contribution in [0.1, 0.15) is 46.5 Å². The van der Waals surface area contributed by atoms with Gasteiger partial charge in [-0.2, -0.15) is 0 Å². The number of piperidine rings is 1. The Morgan fingerprint density at radius 2 is 2.05 bits per heavy atom. The van der Waals surface area contributed by atoms with E-state index in [4.69, 9.17) is 4.74 Å². The minimum atomic E-state index is -0.442. The molecule has 1 amide bonds. The highest BCUT2D eigenvalue weighted by Gasteiger charge is 2.25. The molecule has 1 rings (SSSR count). The van der Waals surface area contributed by atoms with Crippen molar-refractivity contribution in [2.24, 2.45) is 5.92 Å². The fraction of sp³-hybridized carbons (Fsp3) is 0.938. The van der Waals surface area contributed by atoms with Crippen molar-refractivity contribution in [2.45, 2.75) is 58.7 Å². The highest BCUT2D eigenvalue weighted by atomic mass is 16.5. The number of β-amino-alcohol motifs (C(OH)–C–C–N with tert-alkyl or cyclic N) is 1. The zero-order valence-corrected chi connectivity index (χ0v) is 13.8. The van der Waals surface area contributed by atoms with E-state index in [2.05, 4.69) is 17.1 Å². The Balaban J connectivity index is 2.18. The van der Waals surface area contributed by atoms with Gasteiger partial charge in [0.15, 0.2) is 0 Å². The first-order valence-corrected chi connectivity index (χ1v) is 8.32. The number of rotatable bonds is 9. The topological polar surface area (TPSA) is 61.8 Å². The highest BCUT2D eigenvalue weighted by Crippen LogP contribution is 2.17. The van der Waals surface area contributed by atoms with E-state index in [1.54, 1.807) is 0 Å². The van der Waals surface area contributed by atoms with Gasteiger partial charge in [-0.3, -0.25) is 4.79 Å². The molecule has 2 N–H and O–H groups in total. The summed E-state index contributed by atoms with van der Waals surface area (Å²) in [6.45, 7) is 9.63. The second kappa shape index (κ2) is 10.1. The van der Waals surface area contributed by atoms with Crippen LogP contribution in [0.2, 0.25) is 0 Å². The van der Waals surface area contributed by atoms with Crippen LogP contribution in [0, 0.1) is 5.92 Å². The standard InChI is InChI=1S/C16H32N2O3/c1-4-5-8-17-16(20)14-6-9-18(10-7-14)11-15(19)12-21-13(2)3/h13-15,19H,4-12H2,1-3H3,(H,17,20). The molecule has 124 valence electrons. The average Bonchev–Trinajstić information content (AvgIpc) is 2.46. The van der Waals surface area contributed by atoms with Gasteiger partial charge in [0.05, 0.1) is 18.8 Å². The molecule has 0 aliphatic carbocycles. The fourth-order valence-electron chi connectivity index (χ4n) is 2.56. The summed E-state index contributed by atoms with van der Waals surface area (Å²) < 4.78 is 5.42. The second-order valence-electron chi connectivity index (χ2n) is 6.26. The number of aliphatic hydroxyl groups excluding tert-OH is 1. The van der Waals surface area contributed by atoms with Crippen molar-refractivity contribution in [3.8, 4) is 0 Å². The van der Waals surface area contributed by atoms with E-state index in [0.29, 0.717) is 13.2 Å². The van der Waals surface area contributed by atoms with Gasteiger partial charge in [0, 0.05) is 19.0 Å². The predicted octanol–water partition coefficient (Wildman–Crippen LogP) is 1.40. The number of carbonyl (C=O) groups excluding carboxylic acids is 1. The molecule has 21 heavy (non-hydrogen) atoms. The quantitative estimate of drug-likeness (QED) is 0.632. The monoisotopic (exact) mass is 300 g/mol.